The van der Waals surface area contributed by atoms with Gasteiger partial charge in [-0.15, -0.1) is 0 Å². The Kier molecular flexibility index (Phi) is 4.35. The molecule has 2 heterocycles. The second kappa shape index (κ2) is 6.14. The molecule has 5 nitrogen and oxygen atoms in total. The largest absolute Gasteiger partial charge is 0.406 e. The molecule has 0 bridgehead atoms. The van der Waals surface area contributed by atoms with E-state index < -0.39 is 24.7 Å². The van der Waals surface area contributed by atoms with Crippen molar-refractivity contribution in [1.29, 1.82) is 0 Å². The molecule has 23 heavy (non-hydrogen) atoms. The number of hydrogen-bond acceptors (Lipinski definition) is 3. The van der Waals surface area contributed by atoms with Gasteiger partial charge >= 0.3 is 6.18 Å². The first kappa shape index (κ1) is 16.3. The number of hydrogen-bond donors (Lipinski definition) is 1. The topological polar surface area (TPSA) is 50.2 Å². The molecule has 0 radical (unpaired) electrons. The van der Waals surface area contributed by atoms with Crippen LogP contribution in [0.5, 0.6) is 0 Å². The molecule has 2 atom stereocenters. The molecular weight excluding hydrogens is 309 g/mol. The first-order chi connectivity index (χ1) is 10.9. The molecule has 1 saturated heterocycles. The van der Waals surface area contributed by atoms with Crippen molar-refractivity contribution in [2.24, 2.45) is 0 Å². The summed E-state index contributed by atoms with van der Waals surface area (Å²) in [6.45, 7) is 1.82. The fourth-order valence-corrected chi connectivity index (χ4v) is 3.57. The number of alkyl halides is 3. The van der Waals surface area contributed by atoms with Crippen LogP contribution in [0.25, 0.3) is 0 Å². The van der Waals surface area contributed by atoms with Crippen LogP contribution in [0.15, 0.2) is 6.20 Å². The molecule has 1 N–H and O–H groups in total. The van der Waals surface area contributed by atoms with Crippen LogP contribution >= 0.6 is 0 Å². The Morgan fingerprint density at radius 1 is 1.35 bits per heavy atom. The number of nitrogens with zero attached hydrogens (tertiary/aromatic N) is 3. The lowest BCUT2D eigenvalue weighted by Gasteiger charge is -2.27. The summed E-state index contributed by atoms with van der Waals surface area (Å²) in [6, 6.07) is -0.530. The number of fused-ring (bicyclic) bond motifs is 1. The van der Waals surface area contributed by atoms with Crippen LogP contribution < -0.4 is 5.32 Å². The van der Waals surface area contributed by atoms with Gasteiger partial charge in [-0.2, -0.15) is 18.3 Å². The zero-order chi connectivity index (χ0) is 16.6. The quantitative estimate of drug-likeness (QED) is 0.919. The Hall–Kier alpha value is -1.57. The Balaban J connectivity index is 1.67. The lowest BCUT2D eigenvalue weighted by Crippen LogP contribution is -2.43. The minimum absolute atomic E-state index is 0.00108. The van der Waals surface area contributed by atoms with Crippen LogP contribution in [0.3, 0.4) is 0 Å². The summed E-state index contributed by atoms with van der Waals surface area (Å²) in [5, 5.41) is 7.62. The van der Waals surface area contributed by atoms with Crippen LogP contribution in [-0.4, -0.2) is 45.9 Å². The number of halogens is 3. The van der Waals surface area contributed by atoms with E-state index in [0.29, 0.717) is 6.42 Å². The van der Waals surface area contributed by atoms with E-state index in [2.05, 4.69) is 10.4 Å². The Morgan fingerprint density at radius 2 is 2.13 bits per heavy atom. The molecule has 1 fully saturated rings. The van der Waals surface area contributed by atoms with Crippen molar-refractivity contribution in [3.8, 4) is 0 Å². The van der Waals surface area contributed by atoms with Gasteiger partial charge in [-0.1, -0.05) is 0 Å². The van der Waals surface area contributed by atoms with Crippen molar-refractivity contribution in [3.05, 3.63) is 17.5 Å². The van der Waals surface area contributed by atoms with Crippen LogP contribution in [0, 0.1) is 0 Å². The molecule has 0 unspecified atom stereocenters. The number of likely N-dealkylation sites (tertiary alicyclic amines) is 1. The van der Waals surface area contributed by atoms with E-state index in [9.17, 15) is 18.0 Å². The molecule has 3 rings (SSSR count). The average molecular weight is 330 g/mol. The first-order valence-corrected chi connectivity index (χ1v) is 8.05. The normalized spacial score (nSPS) is 25.0. The van der Waals surface area contributed by atoms with Gasteiger partial charge in [-0.3, -0.25) is 14.8 Å². The SMILES string of the molecule is CCn1ncc2c1CCC[C@H]2N[C@H]1CCN(CC(F)(F)F)C1=O. The van der Waals surface area contributed by atoms with Gasteiger partial charge in [0.05, 0.1) is 12.2 Å². The zero-order valence-electron chi connectivity index (χ0n) is 13.1. The highest BCUT2D eigenvalue weighted by Crippen LogP contribution is 2.31. The third kappa shape index (κ3) is 3.36. The van der Waals surface area contributed by atoms with E-state index in [-0.39, 0.29) is 12.6 Å². The smallest absolute Gasteiger partial charge is 0.332 e. The minimum atomic E-state index is -4.34. The van der Waals surface area contributed by atoms with E-state index in [0.717, 1.165) is 36.3 Å². The monoisotopic (exact) mass is 330 g/mol. The average Bonchev–Trinajstić information content (AvgIpc) is 3.04. The molecule has 128 valence electrons. The second-order valence-electron chi connectivity index (χ2n) is 6.19. The van der Waals surface area contributed by atoms with Gasteiger partial charge in [0.1, 0.15) is 6.54 Å². The van der Waals surface area contributed by atoms with Gasteiger partial charge in [0, 0.05) is 30.4 Å². The molecule has 1 aromatic heterocycles. The Bertz CT molecular complexity index is 584. The van der Waals surface area contributed by atoms with Crippen molar-refractivity contribution in [3.63, 3.8) is 0 Å². The molecule has 8 heteroatoms. The number of aryl methyl sites for hydroxylation is 1. The van der Waals surface area contributed by atoms with Gasteiger partial charge in [0.15, 0.2) is 0 Å². The molecular formula is C15H21F3N4O. The van der Waals surface area contributed by atoms with E-state index in [4.69, 9.17) is 0 Å². The fourth-order valence-electron chi connectivity index (χ4n) is 3.57. The number of carbonyl (C=O) groups is 1. The van der Waals surface area contributed by atoms with Gasteiger partial charge in [0.25, 0.3) is 0 Å². The summed E-state index contributed by atoms with van der Waals surface area (Å²) < 4.78 is 39.4. The number of rotatable bonds is 4. The predicted molar refractivity (Wildman–Crippen MR) is 77.8 cm³/mol. The predicted octanol–water partition coefficient (Wildman–Crippen LogP) is 2.03. The molecule has 1 aliphatic carbocycles. The van der Waals surface area contributed by atoms with Crippen molar-refractivity contribution in [1.82, 2.24) is 20.0 Å². The van der Waals surface area contributed by atoms with E-state index in [1.165, 1.54) is 5.69 Å². The summed E-state index contributed by atoms with van der Waals surface area (Å²) in [6.07, 6.45) is 0.727. The number of aromatic nitrogens is 2. The fraction of sp³-hybridized carbons (Fsp3) is 0.733. The standard InChI is InChI=1S/C15H21F3N4O/c1-2-22-13-5-3-4-11(10(13)8-19-22)20-12-6-7-21(14(12)23)9-15(16,17)18/h8,11-12,20H,2-7,9H2,1H3/t11-,12+/m1/s1. The van der Waals surface area contributed by atoms with E-state index in [1.54, 1.807) is 0 Å². The molecule has 2 aliphatic rings. The van der Waals surface area contributed by atoms with Gasteiger partial charge in [-0.25, -0.2) is 0 Å². The highest BCUT2D eigenvalue weighted by atomic mass is 19.4. The summed E-state index contributed by atoms with van der Waals surface area (Å²) in [4.78, 5) is 13.1. The molecule has 1 aromatic rings. The lowest BCUT2D eigenvalue weighted by molar-refractivity contribution is -0.158. The van der Waals surface area contributed by atoms with Crippen LogP contribution in [0.1, 0.15) is 43.5 Å². The van der Waals surface area contributed by atoms with Crippen LogP contribution in [0.4, 0.5) is 13.2 Å². The molecule has 0 saturated carbocycles. The van der Waals surface area contributed by atoms with E-state index >= 15 is 0 Å². The highest BCUT2D eigenvalue weighted by molar-refractivity contribution is 5.84. The highest BCUT2D eigenvalue weighted by Gasteiger charge is 2.40. The third-order valence-electron chi connectivity index (χ3n) is 4.63. The maximum atomic E-state index is 12.5. The summed E-state index contributed by atoms with van der Waals surface area (Å²) in [5.74, 6) is -0.447. The molecule has 1 aliphatic heterocycles. The maximum Gasteiger partial charge on any atom is 0.406 e. The molecule has 0 aromatic carbocycles. The zero-order valence-corrected chi connectivity index (χ0v) is 13.1. The molecule has 1 amide bonds. The minimum Gasteiger partial charge on any atom is -0.332 e. The number of carbonyl (C=O) groups excluding carboxylic acids is 1. The number of nitrogens with one attached hydrogen (secondary N) is 1. The number of amides is 1. The van der Waals surface area contributed by atoms with E-state index in [1.807, 2.05) is 17.8 Å². The lowest BCUT2D eigenvalue weighted by atomic mass is 9.92. The van der Waals surface area contributed by atoms with Crippen LogP contribution in [0.2, 0.25) is 0 Å². The molecule has 0 spiro atoms. The van der Waals surface area contributed by atoms with Crippen molar-refractivity contribution >= 4 is 5.91 Å². The van der Waals surface area contributed by atoms with Crippen molar-refractivity contribution in [2.75, 3.05) is 13.1 Å². The second-order valence-corrected chi connectivity index (χ2v) is 6.19. The van der Waals surface area contributed by atoms with Crippen LogP contribution in [-0.2, 0) is 17.8 Å². The van der Waals surface area contributed by atoms with Crippen molar-refractivity contribution < 1.29 is 18.0 Å². The van der Waals surface area contributed by atoms with Gasteiger partial charge in [-0.05, 0) is 32.6 Å². The van der Waals surface area contributed by atoms with Crippen molar-refractivity contribution in [2.45, 2.75) is 57.4 Å². The Morgan fingerprint density at radius 3 is 2.83 bits per heavy atom. The third-order valence-corrected chi connectivity index (χ3v) is 4.63. The van der Waals surface area contributed by atoms with Gasteiger partial charge in [0.2, 0.25) is 5.91 Å². The first-order valence-electron chi connectivity index (χ1n) is 8.05. The maximum absolute atomic E-state index is 12.5. The summed E-state index contributed by atoms with van der Waals surface area (Å²) in [5.41, 5.74) is 2.26. The van der Waals surface area contributed by atoms with Gasteiger partial charge < -0.3 is 4.90 Å². The Labute approximate surface area is 132 Å². The summed E-state index contributed by atoms with van der Waals surface area (Å²) in [7, 11) is 0. The summed E-state index contributed by atoms with van der Waals surface area (Å²) >= 11 is 0.